The van der Waals surface area contributed by atoms with Gasteiger partial charge in [0.05, 0.1) is 30.0 Å². The van der Waals surface area contributed by atoms with Gasteiger partial charge in [-0.25, -0.2) is 16.8 Å². The second-order valence-electron chi connectivity index (χ2n) is 7.70. The Morgan fingerprint density at radius 3 is 2.34 bits per heavy atom. The number of piperazine rings is 1. The third-order valence-corrected chi connectivity index (χ3v) is 9.82. The van der Waals surface area contributed by atoms with E-state index in [4.69, 9.17) is 9.47 Å². The number of hydrogen-bond acceptors (Lipinski definition) is 7. The quantitative estimate of drug-likeness (QED) is 0.507. The summed E-state index contributed by atoms with van der Waals surface area (Å²) in [6, 6.07) is 5.43. The van der Waals surface area contributed by atoms with Crippen LogP contribution in [0.3, 0.4) is 0 Å². The van der Waals surface area contributed by atoms with Crippen LogP contribution in [0.1, 0.15) is 25.8 Å². The topological polar surface area (TPSA) is 110 Å². The first-order valence-electron chi connectivity index (χ1n) is 10.7. The Morgan fingerprint density at radius 1 is 1.09 bits per heavy atom. The number of benzene rings is 1. The Labute approximate surface area is 189 Å². The lowest BCUT2D eigenvalue weighted by Gasteiger charge is -2.34. The fraction of sp³-hybridized carbons (Fsp3) is 0.571. The van der Waals surface area contributed by atoms with Gasteiger partial charge in [-0.3, -0.25) is 4.79 Å². The molecular formula is C21H30N2O7S2. The van der Waals surface area contributed by atoms with Crippen LogP contribution in [0.15, 0.2) is 24.3 Å². The predicted octanol–water partition coefficient (Wildman–Crippen LogP) is 1.16. The Morgan fingerprint density at radius 2 is 1.75 bits per heavy atom. The van der Waals surface area contributed by atoms with Gasteiger partial charge in [-0.2, -0.15) is 4.31 Å². The highest BCUT2D eigenvalue weighted by molar-refractivity contribution is 7.95. The van der Waals surface area contributed by atoms with Gasteiger partial charge in [-0.05, 0) is 44.0 Å². The lowest BCUT2D eigenvalue weighted by Crippen LogP contribution is -2.52. The Kier molecular flexibility index (Phi) is 7.84. The van der Waals surface area contributed by atoms with Crippen LogP contribution in [0.2, 0.25) is 0 Å². The van der Waals surface area contributed by atoms with Crippen molar-refractivity contribution in [1.82, 2.24) is 9.21 Å². The zero-order chi connectivity index (χ0) is 23.4. The van der Waals surface area contributed by atoms with Crippen molar-refractivity contribution in [3.63, 3.8) is 0 Å². The van der Waals surface area contributed by atoms with Crippen LogP contribution in [0.5, 0.6) is 11.5 Å². The van der Waals surface area contributed by atoms with Gasteiger partial charge in [-0.15, -0.1) is 0 Å². The number of sulfonamides is 1. The van der Waals surface area contributed by atoms with Crippen LogP contribution in [0.4, 0.5) is 0 Å². The summed E-state index contributed by atoms with van der Waals surface area (Å²) >= 11 is 0. The molecule has 1 amide bonds. The molecule has 0 bridgehead atoms. The lowest BCUT2D eigenvalue weighted by molar-refractivity contribution is -0.127. The van der Waals surface area contributed by atoms with Crippen LogP contribution < -0.4 is 9.47 Å². The highest BCUT2D eigenvalue weighted by Crippen LogP contribution is 2.29. The van der Waals surface area contributed by atoms with E-state index in [2.05, 4.69) is 0 Å². The fourth-order valence-electron chi connectivity index (χ4n) is 3.81. The molecule has 1 aromatic rings. The van der Waals surface area contributed by atoms with Gasteiger partial charge in [0.15, 0.2) is 21.3 Å². The molecule has 0 radical (unpaired) electrons. The van der Waals surface area contributed by atoms with Gasteiger partial charge in [0.2, 0.25) is 15.9 Å². The standard InChI is InChI=1S/C21H30N2O7S2/c1-3-29-19-7-5-17(15-20(19)30-4-2)6-8-21(24)22-10-12-23(13-11-22)32(27,28)18-9-14-31(25,26)16-18/h5-8,15,18H,3-4,9-14,16H2,1-2H3. The molecule has 0 aliphatic carbocycles. The molecule has 2 fully saturated rings. The summed E-state index contributed by atoms with van der Waals surface area (Å²) < 4.78 is 61.2. The molecule has 2 saturated heterocycles. The summed E-state index contributed by atoms with van der Waals surface area (Å²) in [5.41, 5.74) is 0.786. The summed E-state index contributed by atoms with van der Waals surface area (Å²) in [5, 5.41) is -0.881. The van der Waals surface area contributed by atoms with E-state index < -0.39 is 25.1 Å². The number of nitrogens with zero attached hydrogens (tertiary/aromatic N) is 2. The van der Waals surface area contributed by atoms with Gasteiger partial charge in [0.1, 0.15) is 0 Å². The molecule has 0 N–H and O–H groups in total. The molecule has 178 valence electrons. The minimum Gasteiger partial charge on any atom is -0.490 e. The van der Waals surface area contributed by atoms with Crippen molar-refractivity contribution in [2.24, 2.45) is 0 Å². The number of sulfone groups is 1. The van der Waals surface area contributed by atoms with Crippen molar-refractivity contribution in [2.45, 2.75) is 25.5 Å². The van der Waals surface area contributed by atoms with Crippen LogP contribution >= 0.6 is 0 Å². The maximum absolute atomic E-state index is 12.7. The van der Waals surface area contributed by atoms with Crippen molar-refractivity contribution in [2.75, 3.05) is 50.9 Å². The van der Waals surface area contributed by atoms with Crippen molar-refractivity contribution in [3.8, 4) is 11.5 Å². The summed E-state index contributed by atoms with van der Waals surface area (Å²) in [7, 11) is -6.97. The minimum absolute atomic E-state index is 0.0866. The monoisotopic (exact) mass is 486 g/mol. The lowest BCUT2D eigenvalue weighted by atomic mass is 10.2. The van der Waals surface area contributed by atoms with Gasteiger partial charge in [-0.1, -0.05) is 6.07 Å². The van der Waals surface area contributed by atoms with E-state index in [9.17, 15) is 21.6 Å². The summed E-state index contributed by atoms with van der Waals surface area (Å²) in [4.78, 5) is 14.2. The van der Waals surface area contributed by atoms with Gasteiger partial charge >= 0.3 is 0 Å². The molecule has 11 heteroatoms. The molecular weight excluding hydrogens is 456 g/mol. The molecule has 9 nitrogen and oxygen atoms in total. The number of carbonyl (C=O) groups excluding carboxylic acids is 1. The highest BCUT2D eigenvalue weighted by atomic mass is 32.2. The number of amides is 1. The SMILES string of the molecule is CCOc1ccc(C=CC(=O)N2CCN(S(=O)(=O)C3CCS(=O)(=O)C3)CC2)cc1OCC. The highest BCUT2D eigenvalue weighted by Gasteiger charge is 2.41. The van der Waals surface area contributed by atoms with Gasteiger partial charge in [0, 0.05) is 32.3 Å². The van der Waals surface area contributed by atoms with E-state index in [1.54, 1.807) is 23.1 Å². The Bertz CT molecular complexity index is 1060. The average molecular weight is 487 g/mol. The molecule has 2 heterocycles. The van der Waals surface area contributed by atoms with Crippen LogP contribution in [-0.4, -0.2) is 88.1 Å². The molecule has 2 aliphatic rings. The second kappa shape index (κ2) is 10.2. The summed E-state index contributed by atoms with van der Waals surface area (Å²) in [5.74, 6) is 0.638. The molecule has 1 aromatic carbocycles. The predicted molar refractivity (Wildman–Crippen MR) is 122 cm³/mol. The largest absolute Gasteiger partial charge is 0.490 e. The molecule has 2 aliphatic heterocycles. The van der Waals surface area contributed by atoms with Crippen molar-refractivity contribution in [3.05, 3.63) is 29.8 Å². The van der Waals surface area contributed by atoms with E-state index in [1.165, 1.54) is 10.4 Å². The molecule has 0 spiro atoms. The third kappa shape index (κ3) is 5.81. The fourth-order valence-corrected chi connectivity index (χ4v) is 8.33. The number of ether oxygens (including phenoxy) is 2. The molecule has 1 unspecified atom stereocenters. The van der Waals surface area contributed by atoms with Gasteiger partial charge < -0.3 is 14.4 Å². The summed E-state index contributed by atoms with van der Waals surface area (Å²) in [6.07, 6.45) is 3.28. The van der Waals surface area contributed by atoms with E-state index in [0.717, 1.165) is 5.56 Å². The van der Waals surface area contributed by atoms with Crippen molar-refractivity contribution in [1.29, 1.82) is 0 Å². The second-order valence-corrected chi connectivity index (χ2v) is 12.1. The number of rotatable bonds is 8. The van der Waals surface area contributed by atoms with E-state index >= 15 is 0 Å². The molecule has 0 aromatic heterocycles. The molecule has 1 atom stereocenters. The molecule has 0 saturated carbocycles. The number of hydrogen-bond donors (Lipinski definition) is 0. The summed E-state index contributed by atoms with van der Waals surface area (Å²) in [6.45, 7) is 5.63. The van der Waals surface area contributed by atoms with Crippen LogP contribution in [-0.2, 0) is 24.7 Å². The molecule has 32 heavy (non-hydrogen) atoms. The smallest absolute Gasteiger partial charge is 0.246 e. The van der Waals surface area contributed by atoms with Crippen molar-refractivity contribution >= 4 is 31.8 Å². The van der Waals surface area contributed by atoms with Gasteiger partial charge in [0.25, 0.3) is 0 Å². The van der Waals surface area contributed by atoms with Crippen LogP contribution in [0, 0.1) is 0 Å². The van der Waals surface area contributed by atoms with E-state index in [0.29, 0.717) is 24.7 Å². The maximum Gasteiger partial charge on any atom is 0.246 e. The maximum atomic E-state index is 12.7. The third-order valence-electron chi connectivity index (χ3n) is 5.51. The minimum atomic E-state index is -3.68. The van der Waals surface area contributed by atoms with Crippen LogP contribution in [0.25, 0.3) is 6.08 Å². The first kappa shape index (κ1) is 24.5. The average Bonchev–Trinajstić information content (AvgIpc) is 3.14. The van der Waals surface area contributed by atoms with E-state index in [1.807, 2.05) is 19.9 Å². The first-order chi connectivity index (χ1) is 15.2. The van der Waals surface area contributed by atoms with E-state index in [-0.39, 0.29) is 50.0 Å². The zero-order valence-electron chi connectivity index (χ0n) is 18.4. The zero-order valence-corrected chi connectivity index (χ0v) is 20.0. The Hall–Kier alpha value is -2.11. The molecule has 3 rings (SSSR count). The Balaban J connectivity index is 1.59. The first-order valence-corrected chi connectivity index (χ1v) is 14.0. The van der Waals surface area contributed by atoms with Crippen molar-refractivity contribution < 1.29 is 31.1 Å². The normalized spacial score (nSPS) is 21.7. The number of carbonyl (C=O) groups is 1.